The van der Waals surface area contributed by atoms with Crippen LogP contribution in [0, 0.1) is 0 Å². The molecule has 0 aliphatic carbocycles. The molecule has 1 saturated heterocycles. The maximum atomic E-state index is 11.0. The molecule has 0 unspecified atom stereocenters. The maximum Gasteiger partial charge on any atom is 0.146 e. The summed E-state index contributed by atoms with van der Waals surface area (Å²) in [4.78, 5) is 13.1. The van der Waals surface area contributed by atoms with Crippen LogP contribution in [0.2, 0.25) is 0 Å². The molecular formula is C10H21NO. The van der Waals surface area contributed by atoms with E-state index in [1.807, 2.05) is 20.9 Å². The Hall–Kier alpha value is -0.370. The predicted molar refractivity (Wildman–Crippen MR) is 52.3 cm³/mol. The van der Waals surface area contributed by atoms with Crippen LogP contribution >= 0.6 is 0 Å². The molecule has 1 aliphatic heterocycles. The number of likely N-dealkylation sites (N-methyl/N-ethyl adjacent to an activating group) is 1. The highest BCUT2D eigenvalue weighted by molar-refractivity contribution is 5.81. The summed E-state index contributed by atoms with van der Waals surface area (Å²) in [6.45, 7) is 6.77. The fourth-order valence-electron chi connectivity index (χ4n) is 1.59. The Balaban J connectivity index is 0.000000561. The minimum Gasteiger partial charge on any atom is -0.298 e. The van der Waals surface area contributed by atoms with Gasteiger partial charge in [0.2, 0.25) is 0 Å². The van der Waals surface area contributed by atoms with Crippen LogP contribution in [0.15, 0.2) is 0 Å². The van der Waals surface area contributed by atoms with Crippen molar-refractivity contribution in [3.63, 3.8) is 0 Å². The minimum absolute atomic E-state index is 0.216. The van der Waals surface area contributed by atoms with Crippen molar-refractivity contribution in [3.8, 4) is 0 Å². The first-order valence-corrected chi connectivity index (χ1v) is 4.92. The summed E-state index contributed by atoms with van der Waals surface area (Å²) >= 11 is 0. The molecule has 72 valence electrons. The lowest BCUT2D eigenvalue weighted by molar-refractivity contribution is -0.122. The van der Waals surface area contributed by atoms with E-state index >= 15 is 0 Å². The van der Waals surface area contributed by atoms with Crippen LogP contribution < -0.4 is 0 Å². The van der Waals surface area contributed by atoms with E-state index in [-0.39, 0.29) is 6.04 Å². The summed E-state index contributed by atoms with van der Waals surface area (Å²) in [6, 6.07) is 0.216. The molecular weight excluding hydrogens is 150 g/mol. The van der Waals surface area contributed by atoms with Gasteiger partial charge in [0, 0.05) is 0 Å². The van der Waals surface area contributed by atoms with Gasteiger partial charge in [0.15, 0.2) is 0 Å². The second-order valence-corrected chi connectivity index (χ2v) is 3.10. The largest absolute Gasteiger partial charge is 0.298 e. The summed E-state index contributed by atoms with van der Waals surface area (Å²) in [5, 5.41) is 0. The Morgan fingerprint density at radius 1 is 1.33 bits per heavy atom. The van der Waals surface area contributed by atoms with E-state index in [0.29, 0.717) is 5.78 Å². The molecule has 0 aromatic rings. The molecule has 2 heteroatoms. The van der Waals surface area contributed by atoms with Crippen LogP contribution in [0.3, 0.4) is 0 Å². The second-order valence-electron chi connectivity index (χ2n) is 3.10. The SMILES string of the molecule is CC.CC(=O)[C@@H]1CCCCN1C. The number of nitrogens with zero attached hydrogens (tertiary/aromatic N) is 1. The van der Waals surface area contributed by atoms with Crippen molar-refractivity contribution in [3.05, 3.63) is 0 Å². The normalized spacial score (nSPS) is 24.2. The van der Waals surface area contributed by atoms with Gasteiger partial charge >= 0.3 is 0 Å². The smallest absolute Gasteiger partial charge is 0.146 e. The molecule has 1 rings (SSSR count). The van der Waals surface area contributed by atoms with Gasteiger partial charge in [-0.05, 0) is 33.4 Å². The molecule has 0 saturated carbocycles. The van der Waals surface area contributed by atoms with Gasteiger partial charge in [-0.25, -0.2) is 0 Å². The lowest BCUT2D eigenvalue weighted by Gasteiger charge is -2.30. The van der Waals surface area contributed by atoms with E-state index < -0.39 is 0 Å². The monoisotopic (exact) mass is 171 g/mol. The first kappa shape index (κ1) is 11.6. The number of likely N-dealkylation sites (tertiary alicyclic amines) is 1. The molecule has 0 amide bonds. The molecule has 0 bridgehead atoms. The third kappa shape index (κ3) is 3.35. The standard InChI is InChI=1S/C8H15NO.C2H6/c1-7(10)8-5-3-4-6-9(8)2;1-2/h8H,3-6H2,1-2H3;1-2H3/t8-;/m0./s1. The number of carbonyl (C=O) groups excluding carboxylic acids is 1. The molecule has 1 atom stereocenters. The summed E-state index contributed by atoms with van der Waals surface area (Å²) in [6.07, 6.45) is 3.53. The summed E-state index contributed by atoms with van der Waals surface area (Å²) < 4.78 is 0. The average molecular weight is 171 g/mol. The highest BCUT2D eigenvalue weighted by Crippen LogP contribution is 2.14. The average Bonchev–Trinajstić information content (AvgIpc) is 2.08. The lowest BCUT2D eigenvalue weighted by atomic mass is 10.0. The van der Waals surface area contributed by atoms with Gasteiger partial charge in [-0.2, -0.15) is 0 Å². The molecule has 1 fully saturated rings. The van der Waals surface area contributed by atoms with E-state index in [4.69, 9.17) is 0 Å². The first-order valence-electron chi connectivity index (χ1n) is 4.92. The topological polar surface area (TPSA) is 20.3 Å². The molecule has 12 heavy (non-hydrogen) atoms. The van der Waals surface area contributed by atoms with Crippen molar-refractivity contribution in [2.45, 2.75) is 46.1 Å². The van der Waals surface area contributed by atoms with Crippen LogP contribution in [-0.2, 0) is 4.79 Å². The number of Topliss-reactive ketones (excluding diaryl/α,β-unsaturated/α-hetero) is 1. The minimum atomic E-state index is 0.216. The Labute approximate surface area is 75.9 Å². The van der Waals surface area contributed by atoms with Crippen LogP contribution in [0.5, 0.6) is 0 Å². The van der Waals surface area contributed by atoms with Crippen molar-refractivity contribution in [1.29, 1.82) is 0 Å². The van der Waals surface area contributed by atoms with Gasteiger partial charge in [-0.3, -0.25) is 9.69 Å². The quantitative estimate of drug-likeness (QED) is 0.602. The summed E-state index contributed by atoms with van der Waals surface area (Å²) in [5.41, 5.74) is 0. The Bertz CT molecular complexity index is 134. The van der Waals surface area contributed by atoms with Gasteiger partial charge < -0.3 is 0 Å². The Morgan fingerprint density at radius 2 is 1.92 bits per heavy atom. The lowest BCUT2D eigenvalue weighted by Crippen LogP contribution is -2.40. The molecule has 0 N–H and O–H groups in total. The zero-order valence-electron chi connectivity index (χ0n) is 8.76. The van der Waals surface area contributed by atoms with E-state index in [9.17, 15) is 4.79 Å². The van der Waals surface area contributed by atoms with E-state index in [1.54, 1.807) is 6.92 Å². The van der Waals surface area contributed by atoms with Gasteiger partial charge in [-0.1, -0.05) is 20.3 Å². The number of hydrogen-bond acceptors (Lipinski definition) is 2. The van der Waals surface area contributed by atoms with Gasteiger partial charge in [-0.15, -0.1) is 0 Å². The Kier molecular flexibility index (Phi) is 5.99. The zero-order valence-corrected chi connectivity index (χ0v) is 8.76. The van der Waals surface area contributed by atoms with Crippen LogP contribution in [0.25, 0.3) is 0 Å². The van der Waals surface area contributed by atoms with Crippen molar-refractivity contribution >= 4 is 5.78 Å². The third-order valence-corrected chi connectivity index (χ3v) is 2.24. The molecule has 0 aromatic heterocycles. The second kappa shape index (κ2) is 6.18. The van der Waals surface area contributed by atoms with Gasteiger partial charge in [0.25, 0.3) is 0 Å². The molecule has 0 spiro atoms. The highest BCUT2D eigenvalue weighted by Gasteiger charge is 2.21. The first-order chi connectivity index (χ1) is 5.72. The van der Waals surface area contributed by atoms with Gasteiger partial charge in [0.1, 0.15) is 5.78 Å². The van der Waals surface area contributed by atoms with E-state index in [2.05, 4.69) is 4.90 Å². The van der Waals surface area contributed by atoms with Crippen molar-refractivity contribution in [1.82, 2.24) is 4.90 Å². The van der Waals surface area contributed by atoms with Crippen molar-refractivity contribution in [2.24, 2.45) is 0 Å². The number of rotatable bonds is 1. The zero-order chi connectivity index (χ0) is 9.56. The fraction of sp³-hybridized carbons (Fsp3) is 0.900. The molecule has 0 aromatic carbocycles. The fourth-order valence-corrected chi connectivity index (χ4v) is 1.59. The number of carbonyl (C=O) groups is 1. The van der Waals surface area contributed by atoms with E-state index in [0.717, 1.165) is 13.0 Å². The van der Waals surface area contributed by atoms with Crippen LogP contribution in [-0.4, -0.2) is 30.3 Å². The Morgan fingerprint density at radius 3 is 2.25 bits per heavy atom. The van der Waals surface area contributed by atoms with Crippen LogP contribution in [0.1, 0.15) is 40.0 Å². The third-order valence-electron chi connectivity index (χ3n) is 2.24. The number of hydrogen-bond donors (Lipinski definition) is 0. The van der Waals surface area contributed by atoms with Gasteiger partial charge in [0.05, 0.1) is 6.04 Å². The molecule has 2 nitrogen and oxygen atoms in total. The predicted octanol–water partition coefficient (Wildman–Crippen LogP) is 2.09. The van der Waals surface area contributed by atoms with E-state index in [1.165, 1.54) is 12.8 Å². The van der Waals surface area contributed by atoms with Crippen molar-refractivity contribution < 1.29 is 4.79 Å². The summed E-state index contributed by atoms with van der Waals surface area (Å²) in [7, 11) is 2.03. The van der Waals surface area contributed by atoms with Crippen molar-refractivity contribution in [2.75, 3.05) is 13.6 Å². The molecule has 1 aliphatic rings. The molecule has 0 radical (unpaired) electrons. The summed E-state index contributed by atoms with van der Waals surface area (Å²) in [5.74, 6) is 0.321. The maximum absolute atomic E-state index is 11.0. The van der Waals surface area contributed by atoms with Crippen LogP contribution in [0.4, 0.5) is 0 Å². The number of ketones is 1. The number of piperidine rings is 1. The molecule has 1 heterocycles. The highest BCUT2D eigenvalue weighted by atomic mass is 16.1.